The van der Waals surface area contributed by atoms with E-state index in [1.807, 2.05) is 0 Å². The van der Waals surface area contributed by atoms with E-state index >= 15 is 0 Å². The highest BCUT2D eigenvalue weighted by molar-refractivity contribution is 8.19. The number of carbonyl (C=O) groups excluding carboxylic acids is 1. The predicted molar refractivity (Wildman–Crippen MR) is 82.0 cm³/mol. The first-order valence-electron chi connectivity index (χ1n) is 6.34. The van der Waals surface area contributed by atoms with Crippen LogP contribution in [0.5, 0.6) is 0 Å². The minimum Gasteiger partial charge on any atom is -0.294 e. The molecule has 0 fully saturated rings. The zero-order valence-electron chi connectivity index (χ0n) is 10.9. The van der Waals surface area contributed by atoms with Gasteiger partial charge in [-0.15, -0.1) is 23.5 Å². The molecular weight excluding hydrogens is 291 g/mol. The Balaban J connectivity index is 1.68. The number of hydrogen-bond donors (Lipinski definition) is 0. The SMILES string of the molecule is Cc1ccc2c(c1)SC(CC(=O)c1ccc(F)cc1)S2. The monoisotopic (exact) mass is 304 g/mol. The highest BCUT2D eigenvalue weighted by atomic mass is 32.2. The number of fused-ring (bicyclic) bond motifs is 1. The maximum atomic E-state index is 12.9. The lowest BCUT2D eigenvalue weighted by Crippen LogP contribution is -2.05. The number of Topliss-reactive ketones (excluding diaryl/α,β-unsaturated/α-hetero) is 1. The van der Waals surface area contributed by atoms with E-state index in [0.29, 0.717) is 12.0 Å². The van der Waals surface area contributed by atoms with Gasteiger partial charge in [0.2, 0.25) is 0 Å². The Morgan fingerprint density at radius 3 is 2.55 bits per heavy atom. The van der Waals surface area contributed by atoms with Crippen molar-refractivity contribution in [3.63, 3.8) is 0 Å². The largest absolute Gasteiger partial charge is 0.294 e. The topological polar surface area (TPSA) is 17.1 Å². The van der Waals surface area contributed by atoms with Crippen LogP contribution in [0.15, 0.2) is 52.3 Å². The van der Waals surface area contributed by atoms with E-state index in [1.54, 1.807) is 35.7 Å². The van der Waals surface area contributed by atoms with E-state index in [1.165, 1.54) is 27.5 Å². The molecule has 1 aliphatic rings. The van der Waals surface area contributed by atoms with E-state index in [4.69, 9.17) is 0 Å². The van der Waals surface area contributed by atoms with E-state index < -0.39 is 0 Å². The summed E-state index contributed by atoms with van der Waals surface area (Å²) in [5, 5.41) is 0. The Hall–Kier alpha value is -1.26. The summed E-state index contributed by atoms with van der Waals surface area (Å²) in [4.78, 5) is 14.7. The van der Waals surface area contributed by atoms with Crippen LogP contribution in [0.1, 0.15) is 22.3 Å². The summed E-state index contributed by atoms with van der Waals surface area (Å²) in [7, 11) is 0. The van der Waals surface area contributed by atoms with Crippen LogP contribution in [-0.4, -0.2) is 10.4 Å². The molecule has 1 atom stereocenters. The fourth-order valence-corrected chi connectivity index (χ4v) is 5.00. The third kappa shape index (κ3) is 2.91. The quantitative estimate of drug-likeness (QED) is 0.748. The van der Waals surface area contributed by atoms with Gasteiger partial charge < -0.3 is 0 Å². The Morgan fingerprint density at radius 1 is 1.10 bits per heavy atom. The minimum absolute atomic E-state index is 0.0690. The third-order valence-corrected chi connectivity index (χ3v) is 5.90. The molecule has 1 heterocycles. The van der Waals surface area contributed by atoms with E-state index in [9.17, 15) is 9.18 Å². The van der Waals surface area contributed by atoms with Gasteiger partial charge in [-0.1, -0.05) is 6.07 Å². The molecule has 2 aromatic rings. The van der Waals surface area contributed by atoms with Crippen molar-refractivity contribution in [1.82, 2.24) is 0 Å². The molecule has 0 bridgehead atoms. The van der Waals surface area contributed by atoms with E-state index in [-0.39, 0.29) is 16.2 Å². The molecular formula is C16H13FOS2. The summed E-state index contributed by atoms with van der Waals surface area (Å²) in [5.74, 6) is -0.242. The number of carbonyl (C=O) groups is 1. The lowest BCUT2D eigenvalue weighted by molar-refractivity contribution is 0.0987. The molecule has 0 saturated carbocycles. The summed E-state index contributed by atoms with van der Waals surface area (Å²) in [6, 6.07) is 12.1. The van der Waals surface area contributed by atoms with Crippen LogP contribution in [0.2, 0.25) is 0 Å². The number of halogens is 1. The molecule has 0 radical (unpaired) electrons. The van der Waals surface area contributed by atoms with Gasteiger partial charge in [0, 0.05) is 21.8 Å². The Labute approximate surface area is 126 Å². The molecule has 1 nitrogen and oxygen atoms in total. The molecule has 0 spiro atoms. The van der Waals surface area contributed by atoms with Gasteiger partial charge in [0.25, 0.3) is 0 Å². The van der Waals surface area contributed by atoms with Gasteiger partial charge >= 0.3 is 0 Å². The molecule has 4 heteroatoms. The Kier molecular flexibility index (Phi) is 3.85. The minimum atomic E-state index is -0.311. The Morgan fingerprint density at radius 2 is 1.80 bits per heavy atom. The zero-order valence-corrected chi connectivity index (χ0v) is 12.6. The van der Waals surface area contributed by atoms with Crippen molar-refractivity contribution >= 4 is 29.3 Å². The van der Waals surface area contributed by atoms with Gasteiger partial charge in [-0.05, 0) is 48.9 Å². The van der Waals surface area contributed by atoms with Gasteiger partial charge in [0.1, 0.15) is 5.82 Å². The number of thioether (sulfide) groups is 2. The van der Waals surface area contributed by atoms with Crippen LogP contribution >= 0.6 is 23.5 Å². The molecule has 3 rings (SSSR count). The fourth-order valence-electron chi connectivity index (χ4n) is 2.10. The number of hydrogen-bond acceptors (Lipinski definition) is 3. The van der Waals surface area contributed by atoms with Crippen LogP contribution in [0, 0.1) is 12.7 Å². The first-order chi connectivity index (χ1) is 9.61. The molecule has 0 N–H and O–H groups in total. The molecule has 2 aromatic carbocycles. The molecule has 1 aliphatic heterocycles. The zero-order chi connectivity index (χ0) is 14.1. The number of ketones is 1. The highest BCUT2D eigenvalue weighted by Gasteiger charge is 2.25. The standard InChI is InChI=1S/C16H13FOS2/c1-10-2-7-14-15(8-10)20-16(19-14)9-13(18)11-3-5-12(17)6-4-11/h2-8,16H,9H2,1H3. The maximum absolute atomic E-state index is 12.9. The van der Waals surface area contributed by atoms with Crippen molar-refractivity contribution in [3.8, 4) is 0 Å². The molecule has 0 amide bonds. The van der Waals surface area contributed by atoms with Gasteiger partial charge in [0.05, 0.1) is 4.58 Å². The second-order valence-corrected chi connectivity index (χ2v) is 7.54. The molecule has 0 aromatic heterocycles. The van der Waals surface area contributed by atoms with E-state index in [2.05, 4.69) is 25.1 Å². The highest BCUT2D eigenvalue weighted by Crippen LogP contribution is 2.49. The lowest BCUT2D eigenvalue weighted by Gasteiger charge is -2.06. The van der Waals surface area contributed by atoms with Crippen LogP contribution < -0.4 is 0 Å². The first kappa shape index (κ1) is 13.7. The van der Waals surface area contributed by atoms with Gasteiger partial charge in [-0.2, -0.15) is 0 Å². The summed E-state index contributed by atoms with van der Waals surface area (Å²) in [6.07, 6.45) is 0.467. The second kappa shape index (κ2) is 5.62. The van der Waals surface area contributed by atoms with Gasteiger partial charge in [-0.3, -0.25) is 4.79 Å². The van der Waals surface area contributed by atoms with Crippen molar-refractivity contribution in [2.24, 2.45) is 0 Å². The summed E-state index contributed by atoms with van der Waals surface area (Å²) >= 11 is 3.48. The molecule has 102 valence electrons. The third-order valence-electron chi connectivity index (χ3n) is 3.13. The molecule has 0 saturated heterocycles. The van der Waals surface area contributed by atoms with Crippen LogP contribution in [-0.2, 0) is 0 Å². The lowest BCUT2D eigenvalue weighted by atomic mass is 10.1. The Bertz CT molecular complexity index is 652. The maximum Gasteiger partial charge on any atom is 0.164 e. The smallest absolute Gasteiger partial charge is 0.164 e. The average molecular weight is 304 g/mol. The van der Waals surface area contributed by atoms with Crippen molar-refractivity contribution in [2.75, 3.05) is 0 Å². The van der Waals surface area contributed by atoms with Crippen molar-refractivity contribution in [2.45, 2.75) is 27.7 Å². The van der Waals surface area contributed by atoms with Crippen molar-refractivity contribution in [3.05, 3.63) is 59.4 Å². The predicted octanol–water partition coefficient (Wildman–Crippen LogP) is 4.93. The number of rotatable bonds is 3. The van der Waals surface area contributed by atoms with Gasteiger partial charge in [0.15, 0.2) is 5.78 Å². The summed E-state index contributed by atoms with van der Waals surface area (Å²) < 4.78 is 13.1. The van der Waals surface area contributed by atoms with Crippen LogP contribution in [0.25, 0.3) is 0 Å². The van der Waals surface area contributed by atoms with Gasteiger partial charge in [-0.25, -0.2) is 4.39 Å². The van der Waals surface area contributed by atoms with Crippen LogP contribution in [0.4, 0.5) is 4.39 Å². The van der Waals surface area contributed by atoms with Crippen molar-refractivity contribution in [1.29, 1.82) is 0 Å². The normalized spacial score (nSPS) is 17.0. The van der Waals surface area contributed by atoms with Crippen molar-refractivity contribution < 1.29 is 9.18 Å². The number of aryl methyl sites for hydroxylation is 1. The van der Waals surface area contributed by atoms with E-state index in [0.717, 1.165) is 0 Å². The average Bonchev–Trinajstić information content (AvgIpc) is 2.80. The second-order valence-electron chi connectivity index (χ2n) is 4.75. The molecule has 0 aliphatic carbocycles. The number of benzene rings is 2. The molecule has 20 heavy (non-hydrogen) atoms. The molecule has 1 unspecified atom stereocenters. The fraction of sp³-hybridized carbons (Fsp3) is 0.188. The first-order valence-corrected chi connectivity index (χ1v) is 8.10. The van der Waals surface area contributed by atoms with Crippen LogP contribution in [0.3, 0.4) is 0 Å². The summed E-state index contributed by atoms with van der Waals surface area (Å²) in [5.41, 5.74) is 1.82. The summed E-state index contributed by atoms with van der Waals surface area (Å²) in [6.45, 7) is 2.07.